The molecule has 0 unspecified atom stereocenters. The second-order valence-electron chi connectivity index (χ2n) is 7.61. The molecule has 0 fully saturated rings. The molecule has 26 heavy (non-hydrogen) atoms. The summed E-state index contributed by atoms with van der Waals surface area (Å²) in [6, 6.07) is 19.8. The Labute approximate surface area is 155 Å². The average Bonchev–Trinajstić information content (AvgIpc) is 2.59. The fourth-order valence-electron chi connectivity index (χ4n) is 3.48. The first-order valence-corrected chi connectivity index (χ1v) is 8.91. The lowest BCUT2D eigenvalue weighted by atomic mass is 9.55. The molecule has 2 aromatic carbocycles. The third-order valence-corrected chi connectivity index (χ3v) is 4.65. The van der Waals surface area contributed by atoms with Gasteiger partial charge in [-0.15, -0.1) is 0 Å². The van der Waals surface area contributed by atoms with Crippen molar-refractivity contribution in [3.63, 3.8) is 0 Å². The van der Waals surface area contributed by atoms with E-state index in [1.165, 1.54) is 6.92 Å². The fourth-order valence-corrected chi connectivity index (χ4v) is 3.48. The minimum absolute atomic E-state index is 0.122. The van der Waals surface area contributed by atoms with Crippen LogP contribution >= 0.6 is 0 Å². The van der Waals surface area contributed by atoms with E-state index in [2.05, 4.69) is 0 Å². The van der Waals surface area contributed by atoms with Gasteiger partial charge in [-0.05, 0) is 23.3 Å². The Morgan fingerprint density at radius 1 is 0.923 bits per heavy atom. The highest BCUT2D eigenvalue weighted by Gasteiger charge is 2.37. The maximum absolute atomic E-state index is 12.6. The first-order chi connectivity index (χ1) is 12.4. The number of rotatable bonds is 5. The average molecular weight is 346 g/mol. The van der Waals surface area contributed by atoms with Crippen molar-refractivity contribution in [2.24, 2.45) is 5.41 Å². The Kier molecular flexibility index (Phi) is 5.12. The van der Waals surface area contributed by atoms with Crippen LogP contribution in [0, 0.1) is 5.41 Å². The molecule has 0 N–H and O–H groups in total. The number of allylic oxidation sites excluding steroid dienone is 2. The van der Waals surface area contributed by atoms with Crippen LogP contribution in [-0.4, -0.2) is 18.5 Å². The van der Waals surface area contributed by atoms with Crippen LogP contribution < -0.4 is 10.9 Å². The summed E-state index contributed by atoms with van der Waals surface area (Å²) in [6.07, 6.45) is 0.944. The van der Waals surface area contributed by atoms with Crippen molar-refractivity contribution in [1.29, 1.82) is 0 Å². The van der Waals surface area contributed by atoms with Crippen LogP contribution in [0.1, 0.15) is 33.6 Å². The van der Waals surface area contributed by atoms with E-state index in [0.29, 0.717) is 18.6 Å². The van der Waals surface area contributed by atoms with Crippen LogP contribution in [0.4, 0.5) is 0 Å². The number of hydrogen-bond donors (Lipinski definition) is 0. The number of carbonyl (C=O) groups is 2. The Bertz CT molecular complexity index is 799. The normalized spacial score (nSPS) is 16.3. The molecule has 0 bridgehead atoms. The van der Waals surface area contributed by atoms with Gasteiger partial charge in [-0.3, -0.25) is 9.59 Å². The topological polar surface area (TPSA) is 43.4 Å². The quantitative estimate of drug-likeness (QED) is 0.617. The maximum atomic E-state index is 12.6. The van der Waals surface area contributed by atoms with Crippen molar-refractivity contribution < 1.29 is 14.2 Å². The first kappa shape index (κ1) is 18.2. The predicted molar refractivity (Wildman–Crippen MR) is 105 cm³/mol. The summed E-state index contributed by atoms with van der Waals surface area (Å²) < 4.78 is 6.38. The summed E-state index contributed by atoms with van der Waals surface area (Å²) in [7, 11) is 0. The van der Waals surface area contributed by atoms with Crippen molar-refractivity contribution in [2.75, 3.05) is 0 Å². The monoisotopic (exact) mass is 346 g/mol. The molecule has 0 radical (unpaired) electrons. The van der Waals surface area contributed by atoms with E-state index in [4.69, 9.17) is 4.65 Å². The summed E-state index contributed by atoms with van der Waals surface area (Å²) in [5.41, 5.74) is 1.99. The molecule has 132 valence electrons. The molecule has 1 aliphatic rings. The molecule has 0 spiro atoms. The molecule has 0 aliphatic heterocycles. The molecule has 0 heterocycles. The van der Waals surface area contributed by atoms with Crippen molar-refractivity contribution in [1.82, 2.24) is 0 Å². The zero-order valence-corrected chi connectivity index (χ0v) is 15.5. The Morgan fingerprint density at radius 3 is 1.88 bits per heavy atom. The summed E-state index contributed by atoms with van der Waals surface area (Å²) in [4.78, 5) is 24.7. The molecule has 0 atom stereocenters. The van der Waals surface area contributed by atoms with Crippen LogP contribution in [0.25, 0.3) is 0 Å². The van der Waals surface area contributed by atoms with Gasteiger partial charge in [0.25, 0.3) is 0 Å². The highest BCUT2D eigenvalue weighted by molar-refractivity contribution is 6.80. The largest absolute Gasteiger partial charge is 0.554 e. The molecule has 3 rings (SSSR count). The molecule has 1 aliphatic carbocycles. The van der Waals surface area contributed by atoms with E-state index in [1.54, 1.807) is 0 Å². The summed E-state index contributed by atoms with van der Waals surface area (Å²) >= 11 is 0. The molecule has 0 amide bonds. The van der Waals surface area contributed by atoms with Gasteiger partial charge >= 0.3 is 6.92 Å². The first-order valence-electron chi connectivity index (χ1n) is 8.91. The van der Waals surface area contributed by atoms with Gasteiger partial charge in [0.1, 0.15) is 0 Å². The fraction of sp³-hybridized carbons (Fsp3) is 0.273. The smallest absolute Gasteiger partial charge is 0.426 e. The summed E-state index contributed by atoms with van der Waals surface area (Å²) in [5, 5.41) is 0. The zero-order chi connectivity index (χ0) is 18.7. The SMILES string of the molecule is CC(=O)C1=C(OB(c2ccccc2)c2ccccc2)CC(C)(C)CC1=O. The number of carbonyl (C=O) groups excluding carboxylic acids is 2. The predicted octanol–water partition coefficient (Wildman–Crippen LogP) is 3.04. The second-order valence-corrected chi connectivity index (χ2v) is 7.61. The number of hydrogen-bond acceptors (Lipinski definition) is 3. The molecule has 0 saturated carbocycles. The molecular weight excluding hydrogens is 323 g/mol. The Balaban J connectivity index is 2.06. The third kappa shape index (κ3) is 3.96. The third-order valence-electron chi connectivity index (χ3n) is 4.65. The molecule has 0 saturated heterocycles. The van der Waals surface area contributed by atoms with Crippen molar-refractivity contribution in [3.05, 3.63) is 72.0 Å². The molecular formula is C22H23BO3. The van der Waals surface area contributed by atoms with E-state index >= 15 is 0 Å². The number of benzene rings is 2. The Morgan fingerprint density at radius 2 is 1.42 bits per heavy atom. The van der Waals surface area contributed by atoms with Crippen molar-refractivity contribution in [3.8, 4) is 0 Å². The van der Waals surface area contributed by atoms with Crippen LogP contribution in [0.15, 0.2) is 72.0 Å². The summed E-state index contributed by atoms with van der Waals surface area (Å²) in [6.45, 7) is 5.15. The lowest BCUT2D eigenvalue weighted by Gasteiger charge is -2.33. The minimum atomic E-state index is -0.358. The highest BCUT2D eigenvalue weighted by Crippen LogP contribution is 2.37. The maximum Gasteiger partial charge on any atom is 0.426 e. The molecule has 2 aromatic rings. The van der Waals surface area contributed by atoms with E-state index in [-0.39, 0.29) is 29.5 Å². The summed E-state index contributed by atoms with van der Waals surface area (Å²) in [5.74, 6) is 0.167. The zero-order valence-electron chi connectivity index (χ0n) is 15.5. The van der Waals surface area contributed by atoms with Gasteiger partial charge in [-0.25, -0.2) is 0 Å². The van der Waals surface area contributed by atoms with E-state index in [9.17, 15) is 9.59 Å². The molecule has 0 aromatic heterocycles. The number of ketones is 2. The molecule has 3 nitrogen and oxygen atoms in total. The van der Waals surface area contributed by atoms with Crippen molar-refractivity contribution in [2.45, 2.75) is 33.6 Å². The van der Waals surface area contributed by atoms with Gasteiger partial charge in [-0.2, -0.15) is 0 Å². The van der Waals surface area contributed by atoms with Crippen LogP contribution in [0.2, 0.25) is 0 Å². The minimum Gasteiger partial charge on any atom is -0.554 e. The van der Waals surface area contributed by atoms with E-state index < -0.39 is 0 Å². The van der Waals surface area contributed by atoms with E-state index in [0.717, 1.165) is 10.9 Å². The van der Waals surface area contributed by atoms with Gasteiger partial charge < -0.3 is 4.65 Å². The van der Waals surface area contributed by atoms with Gasteiger partial charge in [0.05, 0.1) is 11.3 Å². The lowest BCUT2D eigenvalue weighted by molar-refractivity contribution is -0.122. The van der Waals surface area contributed by atoms with Gasteiger partial charge in [0.15, 0.2) is 11.6 Å². The highest BCUT2D eigenvalue weighted by atomic mass is 16.4. The van der Waals surface area contributed by atoms with Crippen LogP contribution in [0.3, 0.4) is 0 Å². The standard InChI is InChI=1S/C22H23BO3/c1-16(24)21-19(25)14-22(2,3)15-20(21)26-23(17-10-6-4-7-11-17)18-12-8-5-9-13-18/h4-13H,14-15H2,1-3H3. The Hall–Kier alpha value is -2.62. The van der Waals surface area contributed by atoms with Gasteiger partial charge in [0.2, 0.25) is 0 Å². The van der Waals surface area contributed by atoms with Crippen LogP contribution in [0.5, 0.6) is 0 Å². The van der Waals surface area contributed by atoms with Gasteiger partial charge in [-0.1, -0.05) is 74.5 Å². The molecule has 4 heteroatoms. The number of Topliss-reactive ketones (excluding diaryl/α,β-unsaturated/α-hetero) is 2. The second kappa shape index (κ2) is 7.32. The van der Waals surface area contributed by atoms with Crippen LogP contribution in [-0.2, 0) is 14.2 Å². The van der Waals surface area contributed by atoms with E-state index in [1.807, 2.05) is 74.5 Å². The van der Waals surface area contributed by atoms with Crippen molar-refractivity contribution >= 4 is 29.4 Å². The van der Waals surface area contributed by atoms with Gasteiger partial charge in [0, 0.05) is 12.8 Å². The lowest BCUT2D eigenvalue weighted by Crippen LogP contribution is -2.46.